The second-order valence-electron chi connectivity index (χ2n) is 8.62. The normalized spacial score (nSPS) is 11.9. The van der Waals surface area contributed by atoms with E-state index in [-0.39, 0.29) is 28.7 Å². The van der Waals surface area contributed by atoms with Crippen LogP contribution in [0.25, 0.3) is 11.3 Å². The molecule has 0 atom stereocenters. The molecule has 0 bridgehead atoms. The third-order valence-corrected chi connectivity index (χ3v) is 5.80. The largest absolute Gasteiger partial charge is 0.493 e. The Hall–Kier alpha value is -3.87. The van der Waals surface area contributed by atoms with Crippen molar-refractivity contribution >= 4 is 21.7 Å². The summed E-state index contributed by atoms with van der Waals surface area (Å²) in [6.45, 7) is 3.60. The number of nitrogens with two attached hydrogens (primary N) is 1. The average Bonchev–Trinajstić information content (AvgIpc) is 2.80. The highest BCUT2D eigenvalue weighted by molar-refractivity contribution is 7.90. The van der Waals surface area contributed by atoms with Crippen LogP contribution in [-0.2, 0) is 10.0 Å². The third kappa shape index (κ3) is 7.81. The maximum absolute atomic E-state index is 14.2. The van der Waals surface area contributed by atoms with E-state index in [0.29, 0.717) is 13.5 Å². The first-order valence-electron chi connectivity index (χ1n) is 11.0. The van der Waals surface area contributed by atoms with Gasteiger partial charge in [-0.1, -0.05) is 19.9 Å². The molecule has 3 aromatic rings. The van der Waals surface area contributed by atoms with E-state index in [9.17, 15) is 26.4 Å². The van der Waals surface area contributed by atoms with Gasteiger partial charge in [-0.3, -0.25) is 4.79 Å². The fraction of sp³-hybridized carbons (Fsp3) is 0.292. The summed E-state index contributed by atoms with van der Waals surface area (Å²) >= 11 is 0. The number of carbonyl (C=O) groups is 1. The highest BCUT2D eigenvalue weighted by Gasteiger charge is 2.27. The van der Waals surface area contributed by atoms with E-state index in [1.54, 1.807) is 4.72 Å². The molecule has 0 unspecified atom stereocenters. The molecular weight excluding hydrogens is 513 g/mol. The zero-order chi connectivity index (χ0) is 27.4. The molecule has 2 aromatic heterocycles. The van der Waals surface area contributed by atoms with Crippen LogP contribution in [0.3, 0.4) is 0 Å². The van der Waals surface area contributed by atoms with Gasteiger partial charge in [0.1, 0.15) is 22.9 Å². The van der Waals surface area contributed by atoms with Crippen LogP contribution in [0.5, 0.6) is 11.6 Å². The molecule has 198 valence electrons. The Labute approximate surface area is 211 Å². The molecule has 3 rings (SSSR count). The number of nitrogen functional groups attached to an aromatic ring is 1. The van der Waals surface area contributed by atoms with Crippen molar-refractivity contribution in [2.24, 2.45) is 5.92 Å². The second kappa shape index (κ2) is 11.0. The first-order valence-corrected chi connectivity index (χ1v) is 12.5. The Balaban J connectivity index is 1.98. The lowest BCUT2D eigenvalue weighted by atomic mass is 10.1. The van der Waals surface area contributed by atoms with Gasteiger partial charge in [0.05, 0.1) is 12.3 Å². The number of carbonyl (C=O) groups excluding carboxylic acids is 1. The lowest BCUT2D eigenvalue weighted by molar-refractivity contribution is -0.0244. The van der Waals surface area contributed by atoms with Crippen molar-refractivity contribution in [3.05, 3.63) is 59.9 Å². The molecule has 1 aromatic carbocycles. The van der Waals surface area contributed by atoms with E-state index < -0.39 is 50.7 Å². The fourth-order valence-corrected chi connectivity index (χ4v) is 3.89. The monoisotopic (exact) mass is 538 g/mol. The lowest BCUT2D eigenvalue weighted by Crippen LogP contribution is -2.32. The minimum atomic E-state index is -4.47. The summed E-state index contributed by atoms with van der Waals surface area (Å²) in [6, 6.07) is 10.0. The predicted octanol–water partition coefficient (Wildman–Crippen LogP) is 4.05. The Morgan fingerprint density at radius 1 is 1.11 bits per heavy atom. The average molecular weight is 539 g/mol. The first-order chi connectivity index (χ1) is 17.2. The van der Waals surface area contributed by atoms with Crippen molar-refractivity contribution in [1.82, 2.24) is 14.7 Å². The number of halogens is 3. The van der Waals surface area contributed by atoms with E-state index in [2.05, 4.69) is 9.97 Å². The maximum Gasteiger partial charge on any atom is 0.281 e. The van der Waals surface area contributed by atoms with Crippen LogP contribution >= 0.6 is 0 Å². The van der Waals surface area contributed by atoms with Crippen LogP contribution in [-0.4, -0.2) is 43.4 Å². The maximum atomic E-state index is 14.2. The van der Waals surface area contributed by atoms with Crippen molar-refractivity contribution in [2.75, 3.05) is 18.9 Å². The molecule has 13 heteroatoms. The number of hydrogen-bond acceptors (Lipinski definition) is 8. The fourth-order valence-electron chi connectivity index (χ4n) is 2.95. The number of nitrogens with one attached hydrogen (secondary N) is 1. The molecule has 37 heavy (non-hydrogen) atoms. The van der Waals surface area contributed by atoms with Gasteiger partial charge in [0.2, 0.25) is 5.88 Å². The van der Waals surface area contributed by atoms with E-state index in [0.717, 1.165) is 18.2 Å². The van der Waals surface area contributed by atoms with Gasteiger partial charge in [-0.25, -0.2) is 27.9 Å². The van der Waals surface area contributed by atoms with Crippen LogP contribution in [0, 0.1) is 11.7 Å². The summed E-state index contributed by atoms with van der Waals surface area (Å²) in [4.78, 5) is 20.6. The van der Waals surface area contributed by atoms with Crippen LogP contribution in [0.15, 0.2) is 53.6 Å². The number of sulfonamides is 1. The molecule has 3 N–H and O–H groups in total. The van der Waals surface area contributed by atoms with E-state index >= 15 is 0 Å². The SMILES string of the molecule is CC(C)COc1cc(F)cc(-c2ccc(C(=O)NS(=O)(=O)c3cccc(N)n3)c(OCC(C)(F)F)n2)c1. The first kappa shape index (κ1) is 27.7. The zero-order valence-corrected chi connectivity index (χ0v) is 21.0. The molecule has 0 fully saturated rings. The number of aromatic nitrogens is 2. The number of pyridine rings is 2. The van der Waals surface area contributed by atoms with Crippen LogP contribution in [0.4, 0.5) is 19.0 Å². The molecule has 0 spiro atoms. The third-order valence-electron chi connectivity index (χ3n) is 4.57. The summed E-state index contributed by atoms with van der Waals surface area (Å²) in [5.74, 6) is -5.42. The van der Waals surface area contributed by atoms with E-state index in [1.807, 2.05) is 13.8 Å². The topological polar surface area (TPSA) is 134 Å². The molecule has 0 aliphatic carbocycles. The van der Waals surface area contributed by atoms with Crippen LogP contribution < -0.4 is 19.9 Å². The van der Waals surface area contributed by atoms with Crippen LogP contribution in [0.1, 0.15) is 31.1 Å². The number of rotatable bonds is 10. The van der Waals surface area contributed by atoms with Crippen molar-refractivity contribution in [1.29, 1.82) is 0 Å². The summed E-state index contributed by atoms with van der Waals surface area (Å²) in [6.07, 6.45) is 0. The van der Waals surface area contributed by atoms with Gasteiger partial charge < -0.3 is 15.2 Å². The Kier molecular flexibility index (Phi) is 8.26. The van der Waals surface area contributed by atoms with E-state index in [4.69, 9.17) is 15.2 Å². The standard InChI is InChI=1S/C24H25F3N4O5S/c1-14(2)12-35-17-10-15(9-16(25)11-17)19-8-7-18(23(29-19)36-13-24(3,26)27)22(32)31-37(33,34)21-6-4-5-20(28)30-21/h4-11,14H,12-13H2,1-3H3,(H2,28,30)(H,31,32). The summed E-state index contributed by atoms with van der Waals surface area (Å²) in [5.41, 5.74) is 5.34. The minimum absolute atomic E-state index is 0.0697. The van der Waals surface area contributed by atoms with E-state index in [1.165, 1.54) is 30.3 Å². The van der Waals surface area contributed by atoms with Gasteiger partial charge in [0.15, 0.2) is 11.6 Å². The number of benzene rings is 1. The number of nitrogens with zero attached hydrogens (tertiary/aromatic N) is 2. The summed E-state index contributed by atoms with van der Waals surface area (Å²) in [5, 5.41) is -0.526. The molecule has 0 saturated heterocycles. The number of alkyl halides is 2. The molecule has 1 amide bonds. The van der Waals surface area contributed by atoms with Gasteiger partial charge in [0, 0.05) is 18.6 Å². The van der Waals surface area contributed by atoms with Gasteiger partial charge in [0.25, 0.3) is 21.9 Å². The number of amides is 1. The predicted molar refractivity (Wildman–Crippen MR) is 129 cm³/mol. The quantitative estimate of drug-likeness (QED) is 0.395. The molecular formula is C24H25F3N4O5S. The summed E-state index contributed by atoms with van der Waals surface area (Å²) in [7, 11) is -4.47. The lowest BCUT2D eigenvalue weighted by Gasteiger charge is -2.16. The number of hydrogen-bond donors (Lipinski definition) is 2. The van der Waals surface area contributed by atoms with Crippen LogP contribution in [0.2, 0.25) is 0 Å². The van der Waals surface area contributed by atoms with Crippen molar-refractivity contribution < 1.29 is 35.9 Å². The van der Waals surface area contributed by atoms with Gasteiger partial charge in [-0.15, -0.1) is 0 Å². The van der Waals surface area contributed by atoms with Crippen molar-refractivity contribution in [2.45, 2.75) is 31.7 Å². The van der Waals surface area contributed by atoms with Crippen molar-refractivity contribution in [3.63, 3.8) is 0 Å². The Morgan fingerprint density at radius 2 is 1.84 bits per heavy atom. The summed E-state index contributed by atoms with van der Waals surface area (Å²) < 4.78 is 78.9. The zero-order valence-electron chi connectivity index (χ0n) is 20.2. The van der Waals surface area contributed by atoms with Gasteiger partial charge in [-0.05, 0) is 42.3 Å². The number of ether oxygens (including phenoxy) is 2. The number of anilines is 1. The molecule has 9 nitrogen and oxygen atoms in total. The highest BCUT2D eigenvalue weighted by Crippen LogP contribution is 2.29. The Morgan fingerprint density at radius 3 is 2.49 bits per heavy atom. The second-order valence-corrected chi connectivity index (χ2v) is 10.3. The molecule has 0 saturated carbocycles. The molecule has 0 aliphatic rings. The van der Waals surface area contributed by atoms with Gasteiger partial charge in [-0.2, -0.15) is 8.42 Å². The smallest absolute Gasteiger partial charge is 0.281 e. The molecule has 0 radical (unpaired) electrons. The Bertz CT molecular complexity index is 1400. The highest BCUT2D eigenvalue weighted by atomic mass is 32.2. The van der Waals surface area contributed by atoms with Crippen molar-refractivity contribution in [3.8, 4) is 22.9 Å². The molecule has 2 heterocycles. The minimum Gasteiger partial charge on any atom is -0.493 e. The molecule has 0 aliphatic heterocycles. The van der Waals surface area contributed by atoms with Gasteiger partial charge >= 0.3 is 0 Å².